The minimum atomic E-state index is 0.547. The molecule has 0 aliphatic heterocycles. The quantitative estimate of drug-likeness (QED) is 0.751. The number of hydrogen-bond donors (Lipinski definition) is 1. The van der Waals surface area contributed by atoms with Crippen LogP contribution in [0.5, 0.6) is 0 Å². The molecule has 1 heterocycles. The molecule has 1 N–H and O–H groups in total. The molecule has 0 amide bonds. The molecule has 1 aromatic carbocycles. The van der Waals surface area contributed by atoms with Gasteiger partial charge in [0.25, 0.3) is 0 Å². The molecule has 2 rings (SSSR count). The Morgan fingerprint density at radius 1 is 1.30 bits per heavy atom. The molecule has 0 aliphatic carbocycles. The average molecular weight is 273 g/mol. The predicted octanol–water partition coefficient (Wildman–Crippen LogP) is 3.14. The fraction of sp³-hybridized carbons (Fsp3) is 0.438. The molecule has 2 aromatic rings. The van der Waals surface area contributed by atoms with Crippen molar-refractivity contribution in [2.24, 2.45) is 0 Å². The Hall–Kier alpha value is -1.81. The number of methoxy groups -OCH3 is 1. The van der Waals surface area contributed by atoms with Gasteiger partial charge in [-0.1, -0.05) is 37.3 Å². The second-order valence-electron chi connectivity index (χ2n) is 4.96. The van der Waals surface area contributed by atoms with Gasteiger partial charge in [-0.15, -0.1) is 0 Å². The fourth-order valence-electron chi connectivity index (χ4n) is 2.20. The van der Waals surface area contributed by atoms with Gasteiger partial charge in [0.1, 0.15) is 0 Å². The summed E-state index contributed by atoms with van der Waals surface area (Å²) in [5, 5.41) is 3.28. The van der Waals surface area contributed by atoms with Crippen LogP contribution >= 0.6 is 0 Å². The smallest absolute Gasteiger partial charge is 0.202 e. The molecular formula is C16H23N3O. The molecule has 1 atom stereocenters. The SMILES string of the molecule is COCCNc1nccn1CCC(C)c1ccccc1. The summed E-state index contributed by atoms with van der Waals surface area (Å²) >= 11 is 0. The van der Waals surface area contributed by atoms with E-state index < -0.39 is 0 Å². The Labute approximate surface area is 120 Å². The number of hydrogen-bond acceptors (Lipinski definition) is 3. The molecule has 0 bridgehead atoms. The first-order valence-electron chi connectivity index (χ1n) is 7.10. The van der Waals surface area contributed by atoms with Crippen molar-refractivity contribution >= 4 is 5.95 Å². The first-order valence-corrected chi connectivity index (χ1v) is 7.10. The molecule has 1 unspecified atom stereocenters. The number of nitrogens with one attached hydrogen (secondary N) is 1. The fourth-order valence-corrected chi connectivity index (χ4v) is 2.20. The highest BCUT2D eigenvalue weighted by molar-refractivity contribution is 5.25. The Kier molecular flexibility index (Phi) is 5.62. The molecule has 4 nitrogen and oxygen atoms in total. The van der Waals surface area contributed by atoms with Crippen molar-refractivity contribution in [3.63, 3.8) is 0 Å². The van der Waals surface area contributed by atoms with Crippen LogP contribution in [0.4, 0.5) is 5.95 Å². The zero-order valence-corrected chi connectivity index (χ0v) is 12.2. The van der Waals surface area contributed by atoms with Crippen LogP contribution in [0.2, 0.25) is 0 Å². The lowest BCUT2D eigenvalue weighted by Gasteiger charge is -2.14. The largest absolute Gasteiger partial charge is 0.383 e. The monoisotopic (exact) mass is 273 g/mol. The van der Waals surface area contributed by atoms with Crippen LogP contribution in [0, 0.1) is 0 Å². The number of benzene rings is 1. The zero-order valence-electron chi connectivity index (χ0n) is 12.2. The van der Waals surface area contributed by atoms with Gasteiger partial charge in [0.15, 0.2) is 0 Å². The standard InChI is InChI=1S/C16H23N3O/c1-14(15-6-4-3-5-7-15)8-11-19-12-9-17-16(19)18-10-13-20-2/h3-7,9,12,14H,8,10-11,13H2,1-2H3,(H,17,18). The highest BCUT2D eigenvalue weighted by Gasteiger charge is 2.07. The van der Waals surface area contributed by atoms with E-state index in [2.05, 4.69) is 52.1 Å². The topological polar surface area (TPSA) is 39.1 Å². The summed E-state index contributed by atoms with van der Waals surface area (Å²) in [7, 11) is 1.70. The average Bonchev–Trinajstić information content (AvgIpc) is 2.93. The van der Waals surface area contributed by atoms with Gasteiger partial charge in [-0.05, 0) is 17.9 Å². The van der Waals surface area contributed by atoms with E-state index in [0.29, 0.717) is 12.5 Å². The molecule has 108 valence electrons. The molecule has 0 fully saturated rings. The van der Waals surface area contributed by atoms with Crippen molar-refractivity contribution in [3.05, 3.63) is 48.3 Å². The van der Waals surface area contributed by atoms with Gasteiger partial charge in [-0.2, -0.15) is 0 Å². The van der Waals surface area contributed by atoms with Gasteiger partial charge in [-0.25, -0.2) is 4.98 Å². The van der Waals surface area contributed by atoms with E-state index in [9.17, 15) is 0 Å². The Morgan fingerprint density at radius 2 is 2.10 bits per heavy atom. The Bertz CT molecular complexity index is 495. The second-order valence-corrected chi connectivity index (χ2v) is 4.96. The summed E-state index contributed by atoms with van der Waals surface area (Å²) in [6.45, 7) is 4.70. The van der Waals surface area contributed by atoms with Gasteiger partial charge in [-0.3, -0.25) is 0 Å². The number of nitrogens with zero attached hydrogens (tertiary/aromatic N) is 2. The van der Waals surface area contributed by atoms with E-state index >= 15 is 0 Å². The summed E-state index contributed by atoms with van der Waals surface area (Å²) < 4.78 is 7.20. The normalized spacial score (nSPS) is 12.3. The van der Waals surface area contributed by atoms with Gasteiger partial charge < -0.3 is 14.6 Å². The minimum Gasteiger partial charge on any atom is -0.383 e. The number of aromatic nitrogens is 2. The summed E-state index contributed by atoms with van der Waals surface area (Å²) in [6.07, 6.45) is 4.95. The van der Waals surface area contributed by atoms with Crippen LogP contribution in [-0.4, -0.2) is 29.8 Å². The number of aryl methyl sites for hydroxylation is 1. The van der Waals surface area contributed by atoms with Crippen molar-refractivity contribution in [3.8, 4) is 0 Å². The first-order chi connectivity index (χ1) is 9.81. The molecule has 0 radical (unpaired) electrons. The van der Waals surface area contributed by atoms with Crippen LogP contribution in [0.3, 0.4) is 0 Å². The number of anilines is 1. The van der Waals surface area contributed by atoms with Crippen LogP contribution in [0.25, 0.3) is 0 Å². The Morgan fingerprint density at radius 3 is 2.85 bits per heavy atom. The van der Waals surface area contributed by atoms with Crippen LogP contribution < -0.4 is 5.32 Å². The summed E-state index contributed by atoms with van der Waals surface area (Å²) in [5.41, 5.74) is 1.39. The van der Waals surface area contributed by atoms with Crippen molar-refractivity contribution in [2.75, 3.05) is 25.6 Å². The highest BCUT2D eigenvalue weighted by Crippen LogP contribution is 2.20. The number of imidazole rings is 1. The third kappa shape index (κ3) is 4.10. The van der Waals surface area contributed by atoms with Gasteiger partial charge >= 0.3 is 0 Å². The van der Waals surface area contributed by atoms with Crippen LogP contribution in [0.1, 0.15) is 24.8 Å². The van der Waals surface area contributed by atoms with E-state index in [1.54, 1.807) is 7.11 Å². The van der Waals surface area contributed by atoms with Crippen molar-refractivity contribution in [2.45, 2.75) is 25.8 Å². The van der Waals surface area contributed by atoms with E-state index in [1.807, 2.05) is 12.4 Å². The lowest BCUT2D eigenvalue weighted by molar-refractivity contribution is 0.210. The molecule has 0 saturated heterocycles. The Balaban J connectivity index is 1.86. The molecule has 0 aliphatic rings. The maximum absolute atomic E-state index is 5.04. The lowest BCUT2D eigenvalue weighted by atomic mass is 9.98. The minimum absolute atomic E-state index is 0.547. The van der Waals surface area contributed by atoms with Crippen molar-refractivity contribution < 1.29 is 4.74 Å². The zero-order chi connectivity index (χ0) is 14.2. The molecule has 20 heavy (non-hydrogen) atoms. The third-order valence-electron chi connectivity index (χ3n) is 3.48. The van der Waals surface area contributed by atoms with Crippen molar-refractivity contribution in [1.82, 2.24) is 9.55 Å². The highest BCUT2D eigenvalue weighted by atomic mass is 16.5. The molecule has 0 spiro atoms. The number of ether oxygens (including phenoxy) is 1. The van der Waals surface area contributed by atoms with E-state index in [1.165, 1.54) is 5.56 Å². The summed E-state index contributed by atoms with van der Waals surface area (Å²) in [5.74, 6) is 1.47. The van der Waals surface area contributed by atoms with E-state index in [0.717, 1.165) is 25.5 Å². The van der Waals surface area contributed by atoms with E-state index in [-0.39, 0.29) is 0 Å². The second kappa shape index (κ2) is 7.70. The lowest BCUT2D eigenvalue weighted by Crippen LogP contribution is -2.13. The van der Waals surface area contributed by atoms with Crippen LogP contribution in [-0.2, 0) is 11.3 Å². The number of rotatable bonds is 8. The predicted molar refractivity (Wildman–Crippen MR) is 82.1 cm³/mol. The maximum Gasteiger partial charge on any atom is 0.202 e. The summed E-state index contributed by atoms with van der Waals surface area (Å²) in [4.78, 5) is 4.33. The maximum atomic E-state index is 5.04. The van der Waals surface area contributed by atoms with Gasteiger partial charge in [0, 0.05) is 32.6 Å². The summed E-state index contributed by atoms with van der Waals surface area (Å²) in [6, 6.07) is 10.6. The molecular weight excluding hydrogens is 250 g/mol. The third-order valence-corrected chi connectivity index (χ3v) is 3.48. The first kappa shape index (κ1) is 14.6. The van der Waals surface area contributed by atoms with Crippen LogP contribution in [0.15, 0.2) is 42.7 Å². The molecule has 4 heteroatoms. The molecule has 1 aromatic heterocycles. The molecule has 0 saturated carbocycles. The van der Waals surface area contributed by atoms with E-state index in [4.69, 9.17) is 4.74 Å². The van der Waals surface area contributed by atoms with Gasteiger partial charge in [0.05, 0.1) is 6.61 Å². The van der Waals surface area contributed by atoms with Crippen molar-refractivity contribution in [1.29, 1.82) is 0 Å². The van der Waals surface area contributed by atoms with Gasteiger partial charge in [0.2, 0.25) is 5.95 Å².